The molecule has 0 unspecified atom stereocenters. The molecule has 11 heteroatoms. The van der Waals surface area contributed by atoms with Gasteiger partial charge < -0.3 is 10.1 Å². The molecule has 1 aliphatic heterocycles. The van der Waals surface area contributed by atoms with Gasteiger partial charge in [0.25, 0.3) is 5.91 Å². The summed E-state index contributed by atoms with van der Waals surface area (Å²) in [6.45, 7) is 0. The van der Waals surface area contributed by atoms with Crippen molar-refractivity contribution in [3.8, 4) is 0 Å². The summed E-state index contributed by atoms with van der Waals surface area (Å²) in [6.07, 6.45) is -11.0. The Morgan fingerprint density at radius 3 is 2.08 bits per heavy atom. The highest BCUT2D eigenvalue weighted by Crippen LogP contribution is 2.50. The predicted octanol–water partition coefficient (Wildman–Crippen LogP) is 3.32. The van der Waals surface area contributed by atoms with Crippen LogP contribution >= 0.6 is 0 Å². The Kier molecular flexibility index (Phi) is 5.20. The summed E-state index contributed by atoms with van der Waals surface area (Å²) in [6, 6.07) is 6.00. The van der Waals surface area contributed by atoms with Gasteiger partial charge in [-0.1, -0.05) is 18.2 Å². The maximum absolute atomic E-state index is 13.6. The minimum absolute atomic E-state index is 0.136. The lowest BCUT2D eigenvalue weighted by atomic mass is 9.95. The van der Waals surface area contributed by atoms with Crippen LogP contribution in [0.3, 0.4) is 0 Å². The van der Waals surface area contributed by atoms with Gasteiger partial charge in [0.05, 0.1) is 0 Å². The van der Waals surface area contributed by atoms with Crippen molar-refractivity contribution < 1.29 is 45.1 Å². The maximum Gasteiger partial charge on any atom is 0.460 e. The van der Waals surface area contributed by atoms with Gasteiger partial charge in [0.15, 0.2) is 6.10 Å². The van der Waals surface area contributed by atoms with E-state index in [0.717, 1.165) is 0 Å². The van der Waals surface area contributed by atoms with Gasteiger partial charge in [-0.2, -0.15) is 30.7 Å². The molecule has 0 aromatic heterocycles. The minimum atomic E-state index is -6.51. The molecular formula is C15H12F7NO3. The number of cyclic esters (lactones) is 1. The zero-order valence-corrected chi connectivity index (χ0v) is 12.8. The van der Waals surface area contributed by atoms with Crippen molar-refractivity contribution in [1.82, 2.24) is 5.32 Å². The molecule has 1 aliphatic rings. The Bertz CT molecular complexity index is 676. The van der Waals surface area contributed by atoms with Gasteiger partial charge in [-0.15, -0.1) is 0 Å². The van der Waals surface area contributed by atoms with Crippen molar-refractivity contribution >= 4 is 11.9 Å². The first-order chi connectivity index (χ1) is 11.9. The molecule has 0 bridgehead atoms. The van der Waals surface area contributed by atoms with Gasteiger partial charge >= 0.3 is 24.0 Å². The van der Waals surface area contributed by atoms with Crippen molar-refractivity contribution in [2.45, 2.75) is 43.0 Å². The zero-order chi connectivity index (χ0) is 19.8. The fourth-order valence-electron chi connectivity index (χ4n) is 2.33. The van der Waals surface area contributed by atoms with Crippen molar-refractivity contribution in [3.05, 3.63) is 35.9 Å². The lowest BCUT2D eigenvalue weighted by molar-refractivity contribution is -0.372. The Hall–Kier alpha value is -2.33. The summed E-state index contributed by atoms with van der Waals surface area (Å²) >= 11 is 0. The van der Waals surface area contributed by atoms with Gasteiger partial charge in [0.2, 0.25) is 0 Å². The van der Waals surface area contributed by atoms with E-state index in [-0.39, 0.29) is 5.56 Å². The summed E-state index contributed by atoms with van der Waals surface area (Å²) in [7, 11) is 0. The summed E-state index contributed by atoms with van der Waals surface area (Å²) in [5.74, 6) is -14.3. The lowest BCUT2D eigenvalue weighted by Crippen LogP contribution is -2.61. The van der Waals surface area contributed by atoms with Crippen LogP contribution in [0.5, 0.6) is 0 Å². The largest absolute Gasteiger partial charge is 0.460 e. The molecule has 1 aromatic rings. The smallest absolute Gasteiger partial charge is 0.454 e. The number of nitrogens with one attached hydrogen (secondary N) is 1. The van der Waals surface area contributed by atoms with Gasteiger partial charge in [-0.05, 0) is 25.0 Å². The van der Waals surface area contributed by atoms with Gasteiger partial charge in [0, 0.05) is 5.56 Å². The normalized spacial score (nSPS) is 21.9. The maximum atomic E-state index is 13.6. The van der Waals surface area contributed by atoms with E-state index >= 15 is 0 Å². The molecule has 2 rings (SSSR count). The number of halogens is 7. The Morgan fingerprint density at radius 2 is 1.58 bits per heavy atom. The van der Waals surface area contributed by atoms with E-state index < -0.39 is 54.9 Å². The molecule has 144 valence electrons. The molecular weight excluding hydrogens is 375 g/mol. The van der Waals surface area contributed by atoms with E-state index in [0.29, 0.717) is 0 Å². The first-order valence-corrected chi connectivity index (χ1v) is 7.26. The number of carbonyl (C=O) groups excluding carboxylic acids is 2. The van der Waals surface area contributed by atoms with Gasteiger partial charge in [-0.25, -0.2) is 4.79 Å². The summed E-state index contributed by atoms with van der Waals surface area (Å²) in [4.78, 5) is 23.6. The third-order valence-corrected chi connectivity index (χ3v) is 3.78. The summed E-state index contributed by atoms with van der Waals surface area (Å²) in [5, 5.41) is 2.16. The highest BCUT2D eigenvalue weighted by atomic mass is 19.4. The van der Waals surface area contributed by atoms with Crippen LogP contribution in [0.4, 0.5) is 30.7 Å². The monoisotopic (exact) mass is 387 g/mol. The number of carbonyl (C=O) groups is 2. The van der Waals surface area contributed by atoms with Crippen molar-refractivity contribution in [2.24, 2.45) is 0 Å². The highest BCUT2D eigenvalue weighted by molar-refractivity contribution is 5.96. The van der Waals surface area contributed by atoms with Crippen LogP contribution in [0.1, 0.15) is 23.2 Å². The molecule has 2 atom stereocenters. The molecule has 1 heterocycles. The van der Waals surface area contributed by atoms with Gasteiger partial charge in [0.1, 0.15) is 6.04 Å². The molecule has 1 saturated heterocycles. The lowest BCUT2D eigenvalue weighted by Gasteiger charge is -2.37. The molecule has 1 fully saturated rings. The zero-order valence-electron chi connectivity index (χ0n) is 12.8. The van der Waals surface area contributed by atoms with E-state index in [4.69, 9.17) is 0 Å². The van der Waals surface area contributed by atoms with Crippen LogP contribution in [0.25, 0.3) is 0 Å². The molecule has 1 amide bonds. The molecule has 1 aromatic carbocycles. The number of alkyl halides is 7. The molecule has 26 heavy (non-hydrogen) atoms. The van der Waals surface area contributed by atoms with E-state index in [1.807, 2.05) is 0 Å². The van der Waals surface area contributed by atoms with E-state index in [1.165, 1.54) is 24.3 Å². The number of benzene rings is 1. The molecule has 0 spiro atoms. The number of rotatable bonds is 4. The van der Waals surface area contributed by atoms with Crippen LogP contribution in [-0.4, -0.2) is 42.0 Å². The number of amides is 1. The van der Waals surface area contributed by atoms with Crippen molar-refractivity contribution in [2.75, 3.05) is 0 Å². The second kappa shape index (κ2) is 6.76. The fourth-order valence-corrected chi connectivity index (χ4v) is 2.33. The average molecular weight is 387 g/mol. The third-order valence-electron chi connectivity index (χ3n) is 3.78. The number of esters is 1. The first-order valence-electron chi connectivity index (χ1n) is 7.26. The standard InChI is InChI=1S/C15H12F7NO3/c16-13(17,14(18,19)15(20,21)22)10-7-6-9(12(25)26-10)23-11(24)8-4-2-1-3-5-8/h1-5,9-10H,6-7H2,(H,23,24)/t9-,10+/m1/s1. The fraction of sp³-hybridized carbons (Fsp3) is 0.467. The third kappa shape index (κ3) is 3.61. The molecule has 0 radical (unpaired) electrons. The second-order valence-electron chi connectivity index (χ2n) is 5.59. The van der Waals surface area contributed by atoms with Crippen LogP contribution < -0.4 is 5.32 Å². The summed E-state index contributed by atoms with van der Waals surface area (Å²) < 4.78 is 93.8. The van der Waals surface area contributed by atoms with Crippen LogP contribution in [0.2, 0.25) is 0 Å². The SMILES string of the molecule is O=C(N[C@@H]1CC[C@@H](C(F)(F)C(F)(F)C(F)(F)F)OC1=O)c1ccccc1. The second-order valence-corrected chi connectivity index (χ2v) is 5.59. The topological polar surface area (TPSA) is 55.4 Å². The Labute approximate surface area is 142 Å². The van der Waals surface area contributed by atoms with E-state index in [9.17, 15) is 40.3 Å². The number of hydrogen-bond acceptors (Lipinski definition) is 3. The van der Waals surface area contributed by atoms with Crippen LogP contribution in [0.15, 0.2) is 30.3 Å². The molecule has 1 N–H and O–H groups in total. The number of ether oxygens (including phenoxy) is 1. The molecule has 0 aliphatic carbocycles. The van der Waals surface area contributed by atoms with Gasteiger partial charge in [-0.3, -0.25) is 4.79 Å². The predicted molar refractivity (Wildman–Crippen MR) is 72.8 cm³/mol. The summed E-state index contributed by atoms with van der Waals surface area (Å²) in [5.41, 5.74) is 0.136. The minimum Gasteiger partial charge on any atom is -0.454 e. The van der Waals surface area contributed by atoms with Crippen LogP contribution in [0, 0.1) is 0 Å². The van der Waals surface area contributed by atoms with E-state index in [1.54, 1.807) is 6.07 Å². The average Bonchev–Trinajstić information content (AvgIpc) is 2.56. The molecule has 4 nitrogen and oxygen atoms in total. The number of hydrogen-bond donors (Lipinski definition) is 1. The first kappa shape index (κ1) is 20.0. The molecule has 0 saturated carbocycles. The Morgan fingerprint density at radius 1 is 1.00 bits per heavy atom. The highest BCUT2D eigenvalue weighted by Gasteiger charge is 2.76. The Balaban J connectivity index is 2.06. The van der Waals surface area contributed by atoms with E-state index in [2.05, 4.69) is 10.1 Å². The van der Waals surface area contributed by atoms with Crippen molar-refractivity contribution in [3.63, 3.8) is 0 Å². The van der Waals surface area contributed by atoms with Crippen molar-refractivity contribution in [1.29, 1.82) is 0 Å². The van der Waals surface area contributed by atoms with Crippen LogP contribution in [-0.2, 0) is 9.53 Å². The quantitative estimate of drug-likeness (QED) is 0.637.